The summed E-state index contributed by atoms with van der Waals surface area (Å²) in [5.74, 6) is -0.760. The lowest BCUT2D eigenvalue weighted by Crippen LogP contribution is -2.55. The van der Waals surface area contributed by atoms with Crippen LogP contribution in [0, 0.1) is 5.82 Å². The molecule has 3 heterocycles. The third-order valence-corrected chi connectivity index (χ3v) is 7.99. The van der Waals surface area contributed by atoms with Crippen LogP contribution >= 0.6 is 27.3 Å². The molecule has 0 bridgehead atoms. The summed E-state index contributed by atoms with van der Waals surface area (Å²) >= 11 is 4.94. The van der Waals surface area contributed by atoms with Gasteiger partial charge in [-0.1, -0.05) is 48.0 Å². The summed E-state index contributed by atoms with van der Waals surface area (Å²) in [5.41, 5.74) is 3.51. The standard InChI is InChI=1S/C28H27BrFN5O2S/c1-17(2)25-23(14-31-35(25)28-32-24(16-38-28)19-7-9-21(29)10-8-19)27(37)33-11-12-34(18(3)15-33)26(36)20-5-4-6-22(30)13-20/h4-10,13-14,16-18H,11-12,15H2,1-3H3. The molecule has 1 atom stereocenters. The van der Waals surface area contributed by atoms with Gasteiger partial charge < -0.3 is 9.80 Å². The highest BCUT2D eigenvalue weighted by Gasteiger charge is 2.33. The molecule has 1 aliphatic heterocycles. The van der Waals surface area contributed by atoms with E-state index in [1.807, 2.05) is 50.4 Å². The van der Waals surface area contributed by atoms with E-state index in [1.165, 1.54) is 29.5 Å². The first kappa shape index (κ1) is 26.2. The van der Waals surface area contributed by atoms with Gasteiger partial charge in [0, 0.05) is 46.7 Å². The molecule has 4 aromatic rings. The highest BCUT2D eigenvalue weighted by atomic mass is 79.9. The Labute approximate surface area is 233 Å². The first-order chi connectivity index (χ1) is 18.2. The van der Waals surface area contributed by atoms with Gasteiger partial charge in [0.05, 0.1) is 23.1 Å². The van der Waals surface area contributed by atoms with E-state index >= 15 is 0 Å². The molecule has 38 heavy (non-hydrogen) atoms. The van der Waals surface area contributed by atoms with Gasteiger partial charge in [-0.3, -0.25) is 9.59 Å². The minimum Gasteiger partial charge on any atom is -0.335 e. The smallest absolute Gasteiger partial charge is 0.257 e. The summed E-state index contributed by atoms with van der Waals surface area (Å²) in [6.45, 7) is 7.11. The zero-order chi connectivity index (χ0) is 27.0. The lowest BCUT2D eigenvalue weighted by Gasteiger charge is -2.40. The minimum absolute atomic E-state index is 0.0322. The minimum atomic E-state index is -0.445. The van der Waals surface area contributed by atoms with Gasteiger partial charge in [-0.25, -0.2) is 14.1 Å². The lowest BCUT2D eigenvalue weighted by atomic mass is 10.0. The van der Waals surface area contributed by atoms with Crippen LogP contribution in [0.2, 0.25) is 0 Å². The number of piperazine rings is 1. The number of thiazole rings is 1. The van der Waals surface area contributed by atoms with E-state index in [0.717, 1.165) is 21.4 Å². The summed E-state index contributed by atoms with van der Waals surface area (Å²) in [5, 5.41) is 7.25. The van der Waals surface area contributed by atoms with Crippen molar-refractivity contribution in [1.29, 1.82) is 0 Å². The van der Waals surface area contributed by atoms with Crippen LogP contribution < -0.4 is 0 Å². The molecule has 0 radical (unpaired) electrons. The molecule has 7 nitrogen and oxygen atoms in total. The fraction of sp³-hybridized carbons (Fsp3) is 0.286. The molecule has 2 amide bonds. The molecule has 0 aliphatic carbocycles. The summed E-state index contributed by atoms with van der Waals surface area (Å²) in [4.78, 5) is 34.9. The molecule has 1 saturated heterocycles. The zero-order valence-electron chi connectivity index (χ0n) is 21.3. The van der Waals surface area contributed by atoms with Crippen molar-refractivity contribution in [3.63, 3.8) is 0 Å². The maximum atomic E-state index is 13.7. The van der Waals surface area contributed by atoms with Crippen LogP contribution in [0.5, 0.6) is 0 Å². The van der Waals surface area contributed by atoms with Crippen molar-refractivity contribution in [2.75, 3.05) is 19.6 Å². The van der Waals surface area contributed by atoms with E-state index in [9.17, 15) is 14.0 Å². The van der Waals surface area contributed by atoms with Gasteiger partial charge in [-0.2, -0.15) is 5.10 Å². The first-order valence-corrected chi connectivity index (χ1v) is 14.1. The Balaban J connectivity index is 1.35. The van der Waals surface area contributed by atoms with Crippen molar-refractivity contribution in [2.24, 2.45) is 0 Å². The second-order valence-electron chi connectivity index (χ2n) is 9.64. The van der Waals surface area contributed by atoms with Crippen molar-refractivity contribution in [2.45, 2.75) is 32.7 Å². The van der Waals surface area contributed by atoms with E-state index in [0.29, 0.717) is 35.9 Å². The van der Waals surface area contributed by atoms with Gasteiger partial charge in [-0.05, 0) is 43.2 Å². The van der Waals surface area contributed by atoms with Crippen LogP contribution in [0.4, 0.5) is 4.39 Å². The molecule has 2 aromatic heterocycles. The van der Waals surface area contributed by atoms with Crippen molar-refractivity contribution >= 4 is 39.1 Å². The molecule has 1 fully saturated rings. The van der Waals surface area contributed by atoms with Crippen LogP contribution in [0.3, 0.4) is 0 Å². The number of benzene rings is 2. The molecule has 0 spiro atoms. The van der Waals surface area contributed by atoms with Gasteiger partial charge in [0.25, 0.3) is 11.8 Å². The summed E-state index contributed by atoms with van der Waals surface area (Å²) in [6, 6.07) is 13.5. The Bertz CT molecular complexity index is 1480. The molecular formula is C28H27BrFN5O2S. The maximum Gasteiger partial charge on any atom is 0.257 e. The number of hydrogen-bond donors (Lipinski definition) is 0. The Morgan fingerprint density at radius 1 is 1.11 bits per heavy atom. The third-order valence-electron chi connectivity index (χ3n) is 6.64. The maximum absolute atomic E-state index is 13.7. The van der Waals surface area contributed by atoms with Crippen LogP contribution in [-0.2, 0) is 0 Å². The van der Waals surface area contributed by atoms with Crippen LogP contribution in [-0.4, -0.2) is 62.1 Å². The lowest BCUT2D eigenvalue weighted by molar-refractivity contribution is 0.0413. The van der Waals surface area contributed by atoms with Gasteiger partial charge in [0.15, 0.2) is 0 Å². The average molecular weight is 597 g/mol. The molecule has 5 rings (SSSR count). The fourth-order valence-electron chi connectivity index (χ4n) is 4.75. The second kappa shape index (κ2) is 10.8. The van der Waals surface area contributed by atoms with Gasteiger partial charge in [0.2, 0.25) is 5.13 Å². The van der Waals surface area contributed by atoms with Crippen LogP contribution in [0.25, 0.3) is 16.4 Å². The number of hydrogen-bond acceptors (Lipinski definition) is 5. The highest BCUT2D eigenvalue weighted by Crippen LogP contribution is 2.30. The van der Waals surface area contributed by atoms with Crippen LogP contribution in [0.15, 0.2) is 64.6 Å². The highest BCUT2D eigenvalue weighted by molar-refractivity contribution is 9.10. The topological polar surface area (TPSA) is 71.3 Å². The summed E-state index contributed by atoms with van der Waals surface area (Å²) < 4.78 is 16.4. The molecular weight excluding hydrogens is 569 g/mol. The number of carbonyl (C=O) groups excluding carboxylic acids is 2. The van der Waals surface area contributed by atoms with Gasteiger partial charge in [0.1, 0.15) is 5.82 Å². The normalized spacial score (nSPS) is 15.8. The van der Waals surface area contributed by atoms with E-state index in [4.69, 9.17) is 4.98 Å². The SMILES string of the molecule is CC(C)c1c(C(=O)N2CCN(C(=O)c3cccc(F)c3)C(C)C2)cnn1-c1nc(-c2ccc(Br)cc2)cs1. The molecule has 10 heteroatoms. The average Bonchev–Trinajstić information content (AvgIpc) is 3.56. The number of rotatable bonds is 5. The number of carbonyl (C=O) groups is 2. The Hall–Kier alpha value is -3.37. The van der Waals surface area contributed by atoms with Crippen molar-refractivity contribution in [1.82, 2.24) is 24.6 Å². The summed E-state index contributed by atoms with van der Waals surface area (Å²) in [6.07, 6.45) is 1.62. The van der Waals surface area contributed by atoms with E-state index in [1.54, 1.807) is 26.7 Å². The predicted octanol–water partition coefficient (Wildman–Crippen LogP) is 6.01. The first-order valence-electron chi connectivity index (χ1n) is 12.4. The van der Waals surface area contributed by atoms with Gasteiger partial charge >= 0.3 is 0 Å². The molecule has 2 aromatic carbocycles. The quantitative estimate of drug-likeness (QED) is 0.283. The van der Waals surface area contributed by atoms with E-state index in [-0.39, 0.29) is 23.8 Å². The molecule has 1 unspecified atom stereocenters. The van der Waals surface area contributed by atoms with Gasteiger partial charge in [-0.15, -0.1) is 11.3 Å². The van der Waals surface area contributed by atoms with Crippen molar-refractivity contribution in [3.8, 4) is 16.4 Å². The predicted molar refractivity (Wildman–Crippen MR) is 149 cm³/mol. The Morgan fingerprint density at radius 3 is 2.55 bits per heavy atom. The molecule has 196 valence electrons. The van der Waals surface area contributed by atoms with Crippen molar-refractivity contribution < 1.29 is 14.0 Å². The number of amides is 2. The third kappa shape index (κ3) is 5.15. The zero-order valence-corrected chi connectivity index (χ0v) is 23.7. The van der Waals surface area contributed by atoms with E-state index in [2.05, 4.69) is 21.0 Å². The monoisotopic (exact) mass is 595 g/mol. The Morgan fingerprint density at radius 2 is 1.87 bits per heavy atom. The second-order valence-corrected chi connectivity index (χ2v) is 11.4. The largest absolute Gasteiger partial charge is 0.335 e. The van der Waals surface area contributed by atoms with Crippen molar-refractivity contribution in [3.05, 3.63) is 87.2 Å². The summed E-state index contributed by atoms with van der Waals surface area (Å²) in [7, 11) is 0. The molecule has 1 aliphatic rings. The molecule has 0 N–H and O–H groups in total. The molecule has 0 saturated carbocycles. The number of aromatic nitrogens is 3. The number of halogens is 2. The fourth-order valence-corrected chi connectivity index (χ4v) is 5.81. The Kier molecular flexibility index (Phi) is 7.45. The number of nitrogens with zero attached hydrogens (tertiary/aromatic N) is 5. The van der Waals surface area contributed by atoms with E-state index < -0.39 is 5.82 Å². The van der Waals surface area contributed by atoms with Crippen LogP contribution in [0.1, 0.15) is 53.1 Å².